The van der Waals surface area contributed by atoms with Gasteiger partial charge in [0.2, 0.25) is 0 Å². The third kappa shape index (κ3) is 5.40. The van der Waals surface area contributed by atoms with Crippen molar-refractivity contribution < 1.29 is 23.4 Å². The number of hydrazone groups is 1. The summed E-state index contributed by atoms with van der Waals surface area (Å²) in [6, 6.07) is 15.0. The summed E-state index contributed by atoms with van der Waals surface area (Å²) in [5.41, 5.74) is 5.11. The average molecular weight is 439 g/mol. The van der Waals surface area contributed by atoms with Gasteiger partial charge in [-0.1, -0.05) is 23.8 Å². The minimum Gasteiger partial charge on any atom is -0.504 e. The number of hydrogen-bond acceptors (Lipinski definition) is 6. The van der Waals surface area contributed by atoms with Crippen LogP contribution in [0.4, 0.5) is 5.69 Å². The van der Waals surface area contributed by atoms with E-state index < -0.39 is 15.9 Å². The van der Waals surface area contributed by atoms with Gasteiger partial charge in [-0.3, -0.25) is 9.52 Å². The lowest BCUT2D eigenvalue weighted by Crippen LogP contribution is -2.19. The number of aryl methyl sites for hydroxylation is 2. The summed E-state index contributed by atoms with van der Waals surface area (Å²) in [5.74, 6) is -1.19. The maximum absolute atomic E-state index is 12.8. The van der Waals surface area contributed by atoms with Gasteiger partial charge in [-0.15, -0.1) is 0 Å². The number of sulfonamides is 1. The molecule has 0 aliphatic heterocycles. The van der Waals surface area contributed by atoms with E-state index in [-0.39, 0.29) is 22.0 Å². The number of phenols is 2. The van der Waals surface area contributed by atoms with E-state index in [0.717, 1.165) is 11.1 Å². The molecule has 0 saturated heterocycles. The van der Waals surface area contributed by atoms with Crippen LogP contribution in [0, 0.1) is 13.8 Å². The maximum atomic E-state index is 12.8. The van der Waals surface area contributed by atoms with Crippen LogP contribution < -0.4 is 10.1 Å². The van der Waals surface area contributed by atoms with Gasteiger partial charge in [-0.05, 0) is 67.4 Å². The fourth-order valence-corrected chi connectivity index (χ4v) is 3.96. The number of rotatable bonds is 6. The predicted molar refractivity (Wildman–Crippen MR) is 118 cm³/mol. The highest BCUT2D eigenvalue weighted by atomic mass is 32.2. The van der Waals surface area contributed by atoms with Gasteiger partial charge in [0, 0.05) is 5.56 Å². The van der Waals surface area contributed by atoms with Crippen molar-refractivity contribution in [2.45, 2.75) is 18.7 Å². The Morgan fingerprint density at radius 2 is 1.74 bits per heavy atom. The fourth-order valence-electron chi connectivity index (χ4n) is 2.79. The number of phenolic OH excluding ortho intramolecular Hbond substituents is 2. The van der Waals surface area contributed by atoms with E-state index >= 15 is 0 Å². The Morgan fingerprint density at radius 3 is 2.45 bits per heavy atom. The molecule has 0 atom stereocenters. The van der Waals surface area contributed by atoms with Crippen molar-refractivity contribution in [1.82, 2.24) is 5.43 Å². The van der Waals surface area contributed by atoms with Gasteiger partial charge < -0.3 is 10.2 Å². The first-order chi connectivity index (χ1) is 14.7. The molecule has 0 unspecified atom stereocenters. The molecule has 3 rings (SSSR count). The Hall–Kier alpha value is -3.85. The summed E-state index contributed by atoms with van der Waals surface area (Å²) in [6.07, 6.45) is 1.28. The molecule has 4 N–H and O–H groups in total. The molecule has 0 heterocycles. The lowest BCUT2D eigenvalue weighted by Gasteiger charge is -2.12. The van der Waals surface area contributed by atoms with Gasteiger partial charge in [-0.2, -0.15) is 5.10 Å². The van der Waals surface area contributed by atoms with Crippen LogP contribution in [0.2, 0.25) is 0 Å². The van der Waals surface area contributed by atoms with Crippen molar-refractivity contribution in [2.24, 2.45) is 5.10 Å². The molecule has 160 valence electrons. The van der Waals surface area contributed by atoms with Gasteiger partial charge in [0.05, 0.1) is 16.8 Å². The molecular weight excluding hydrogens is 418 g/mol. The van der Waals surface area contributed by atoms with Crippen LogP contribution >= 0.6 is 0 Å². The predicted octanol–water partition coefficient (Wildman–Crippen LogP) is 3.28. The molecule has 0 saturated carbocycles. The molecule has 8 nitrogen and oxygen atoms in total. The lowest BCUT2D eigenvalue weighted by atomic mass is 10.1. The number of hydrogen-bond donors (Lipinski definition) is 4. The Bertz CT molecular complexity index is 1270. The number of aromatic hydroxyl groups is 2. The van der Waals surface area contributed by atoms with Crippen LogP contribution in [0.3, 0.4) is 0 Å². The number of anilines is 1. The second-order valence-corrected chi connectivity index (χ2v) is 8.58. The second kappa shape index (κ2) is 8.88. The van der Waals surface area contributed by atoms with Crippen LogP contribution in [-0.2, 0) is 10.0 Å². The first-order valence-electron chi connectivity index (χ1n) is 9.21. The van der Waals surface area contributed by atoms with Crippen LogP contribution in [0.5, 0.6) is 11.5 Å². The fraction of sp³-hybridized carbons (Fsp3) is 0.0909. The van der Waals surface area contributed by atoms with Crippen molar-refractivity contribution in [3.63, 3.8) is 0 Å². The number of nitrogens with one attached hydrogen (secondary N) is 2. The number of nitrogens with zero attached hydrogens (tertiary/aromatic N) is 1. The van der Waals surface area contributed by atoms with Gasteiger partial charge in [-0.25, -0.2) is 13.8 Å². The van der Waals surface area contributed by atoms with Gasteiger partial charge in [0.25, 0.3) is 15.9 Å². The van der Waals surface area contributed by atoms with E-state index in [9.17, 15) is 23.4 Å². The Kier molecular flexibility index (Phi) is 6.26. The molecule has 0 spiro atoms. The summed E-state index contributed by atoms with van der Waals surface area (Å²) in [7, 11) is -3.90. The third-order valence-electron chi connectivity index (χ3n) is 4.41. The van der Waals surface area contributed by atoms with Crippen LogP contribution in [0.1, 0.15) is 27.0 Å². The van der Waals surface area contributed by atoms with E-state index in [2.05, 4.69) is 15.2 Å². The minimum absolute atomic E-state index is 0.0624. The Morgan fingerprint density at radius 1 is 0.968 bits per heavy atom. The Labute approximate surface area is 179 Å². The topological polar surface area (TPSA) is 128 Å². The summed E-state index contributed by atoms with van der Waals surface area (Å²) in [6.45, 7) is 3.72. The van der Waals surface area contributed by atoms with Crippen molar-refractivity contribution >= 4 is 27.8 Å². The number of benzene rings is 3. The number of carbonyl (C=O) groups excluding carboxylic acids is 1. The van der Waals surface area contributed by atoms with Crippen LogP contribution in [-0.4, -0.2) is 30.8 Å². The highest BCUT2D eigenvalue weighted by Gasteiger charge is 2.17. The Balaban J connectivity index is 1.74. The van der Waals surface area contributed by atoms with Crippen molar-refractivity contribution in [3.05, 3.63) is 82.9 Å². The van der Waals surface area contributed by atoms with Gasteiger partial charge in [0.15, 0.2) is 11.5 Å². The second-order valence-electron chi connectivity index (χ2n) is 6.90. The monoisotopic (exact) mass is 439 g/mol. The summed E-state index contributed by atoms with van der Waals surface area (Å²) < 4.78 is 28.0. The first-order valence-corrected chi connectivity index (χ1v) is 10.7. The quantitative estimate of drug-likeness (QED) is 0.266. The zero-order valence-corrected chi connectivity index (χ0v) is 17.6. The van der Waals surface area contributed by atoms with E-state index in [4.69, 9.17) is 0 Å². The molecule has 3 aromatic carbocycles. The van der Waals surface area contributed by atoms with E-state index in [1.807, 2.05) is 13.0 Å². The standard InChI is InChI=1S/C22H21N3O5S/c1-14-6-8-19(15(2)10-14)25-31(29,30)18-5-3-4-17(12-18)22(28)24-23-13-16-7-9-20(26)21(27)11-16/h3-13,25-27H,1-2H3,(H,24,28)/b23-13+. The summed E-state index contributed by atoms with van der Waals surface area (Å²) >= 11 is 0. The molecule has 0 bridgehead atoms. The molecule has 1 amide bonds. The largest absolute Gasteiger partial charge is 0.504 e. The maximum Gasteiger partial charge on any atom is 0.271 e. The normalized spacial score (nSPS) is 11.4. The SMILES string of the molecule is Cc1ccc(NS(=O)(=O)c2cccc(C(=O)N/N=C/c3ccc(O)c(O)c3)c2)c(C)c1. The van der Waals surface area contributed by atoms with E-state index in [1.165, 1.54) is 48.7 Å². The molecule has 0 radical (unpaired) electrons. The molecule has 0 aliphatic rings. The molecule has 9 heteroatoms. The lowest BCUT2D eigenvalue weighted by molar-refractivity contribution is 0.0955. The number of carbonyl (C=O) groups is 1. The van der Waals surface area contributed by atoms with Gasteiger partial charge >= 0.3 is 0 Å². The van der Waals surface area contributed by atoms with Crippen LogP contribution in [0.15, 0.2) is 70.7 Å². The summed E-state index contributed by atoms with van der Waals surface area (Å²) in [5, 5.41) is 22.6. The zero-order valence-electron chi connectivity index (χ0n) is 16.8. The molecule has 0 fully saturated rings. The van der Waals surface area contributed by atoms with Crippen molar-refractivity contribution in [3.8, 4) is 11.5 Å². The smallest absolute Gasteiger partial charge is 0.271 e. The average Bonchev–Trinajstić information content (AvgIpc) is 2.73. The minimum atomic E-state index is -3.90. The third-order valence-corrected chi connectivity index (χ3v) is 5.78. The highest BCUT2D eigenvalue weighted by Crippen LogP contribution is 2.24. The highest BCUT2D eigenvalue weighted by molar-refractivity contribution is 7.92. The summed E-state index contributed by atoms with van der Waals surface area (Å²) in [4.78, 5) is 12.3. The first kappa shape index (κ1) is 21.8. The van der Waals surface area contributed by atoms with Crippen molar-refractivity contribution in [2.75, 3.05) is 4.72 Å². The van der Waals surface area contributed by atoms with E-state index in [1.54, 1.807) is 19.1 Å². The molecule has 0 aromatic heterocycles. The molecule has 31 heavy (non-hydrogen) atoms. The zero-order chi connectivity index (χ0) is 22.6. The van der Waals surface area contributed by atoms with Crippen molar-refractivity contribution in [1.29, 1.82) is 0 Å². The van der Waals surface area contributed by atoms with Gasteiger partial charge in [0.1, 0.15) is 0 Å². The van der Waals surface area contributed by atoms with E-state index in [0.29, 0.717) is 11.3 Å². The van der Waals surface area contributed by atoms with Crippen LogP contribution in [0.25, 0.3) is 0 Å². The number of amides is 1. The molecule has 3 aromatic rings. The molecular formula is C22H21N3O5S. The molecule has 0 aliphatic carbocycles.